The molecule has 0 aliphatic heterocycles. The molecule has 1 unspecified atom stereocenters. The summed E-state index contributed by atoms with van der Waals surface area (Å²) in [6.07, 6.45) is 7.66. The SMILES string of the molecule is CCC(CCN)CCC(=O)Cc1cncc(Br)c1. The van der Waals surface area contributed by atoms with Crippen LogP contribution in [0.1, 0.15) is 38.2 Å². The number of pyridine rings is 1. The summed E-state index contributed by atoms with van der Waals surface area (Å²) in [5.41, 5.74) is 6.53. The van der Waals surface area contributed by atoms with Crippen molar-refractivity contribution in [3.05, 3.63) is 28.5 Å². The number of rotatable bonds is 8. The first kappa shape index (κ1) is 15.3. The van der Waals surface area contributed by atoms with Gasteiger partial charge in [0, 0.05) is 29.7 Å². The lowest BCUT2D eigenvalue weighted by molar-refractivity contribution is -0.118. The van der Waals surface area contributed by atoms with E-state index < -0.39 is 0 Å². The van der Waals surface area contributed by atoms with Crippen LogP contribution in [0.15, 0.2) is 22.9 Å². The monoisotopic (exact) mass is 312 g/mol. The molecule has 3 nitrogen and oxygen atoms in total. The molecule has 0 bridgehead atoms. The topological polar surface area (TPSA) is 56.0 Å². The van der Waals surface area contributed by atoms with Crippen LogP contribution in [0.2, 0.25) is 0 Å². The molecule has 0 aliphatic rings. The van der Waals surface area contributed by atoms with Crippen LogP contribution >= 0.6 is 15.9 Å². The summed E-state index contributed by atoms with van der Waals surface area (Å²) < 4.78 is 0.919. The van der Waals surface area contributed by atoms with Crippen LogP contribution in [0.4, 0.5) is 0 Å². The molecule has 0 saturated carbocycles. The molecular formula is C14H21BrN2O. The van der Waals surface area contributed by atoms with Gasteiger partial charge in [0.05, 0.1) is 0 Å². The Kier molecular flexibility index (Phi) is 7.13. The molecule has 1 aromatic heterocycles. The molecule has 1 rings (SSSR count). The standard InChI is InChI=1S/C14H21BrN2O/c1-2-11(5-6-16)3-4-14(18)8-12-7-13(15)10-17-9-12/h7,9-11H,2-6,8,16H2,1H3. The first-order valence-corrected chi connectivity index (χ1v) is 7.26. The van der Waals surface area contributed by atoms with E-state index in [1.807, 2.05) is 6.07 Å². The van der Waals surface area contributed by atoms with Crippen LogP contribution in [0, 0.1) is 5.92 Å². The number of nitrogens with two attached hydrogens (primary N) is 1. The molecule has 1 heterocycles. The van der Waals surface area contributed by atoms with Gasteiger partial charge in [-0.2, -0.15) is 0 Å². The maximum Gasteiger partial charge on any atom is 0.137 e. The van der Waals surface area contributed by atoms with Crippen molar-refractivity contribution in [2.24, 2.45) is 11.7 Å². The first-order valence-electron chi connectivity index (χ1n) is 6.46. The van der Waals surface area contributed by atoms with Crippen molar-refractivity contribution >= 4 is 21.7 Å². The highest BCUT2D eigenvalue weighted by Crippen LogP contribution is 2.16. The van der Waals surface area contributed by atoms with Crippen molar-refractivity contribution in [2.45, 2.75) is 39.0 Å². The van der Waals surface area contributed by atoms with Crippen molar-refractivity contribution in [1.82, 2.24) is 4.98 Å². The van der Waals surface area contributed by atoms with Crippen molar-refractivity contribution in [2.75, 3.05) is 6.54 Å². The fourth-order valence-electron chi connectivity index (χ4n) is 2.02. The van der Waals surface area contributed by atoms with E-state index >= 15 is 0 Å². The van der Waals surface area contributed by atoms with Gasteiger partial charge in [0.1, 0.15) is 5.78 Å². The van der Waals surface area contributed by atoms with Crippen LogP contribution in [0.5, 0.6) is 0 Å². The highest BCUT2D eigenvalue weighted by molar-refractivity contribution is 9.10. The lowest BCUT2D eigenvalue weighted by Gasteiger charge is -2.12. The average Bonchev–Trinajstić information content (AvgIpc) is 2.34. The lowest BCUT2D eigenvalue weighted by atomic mass is 9.94. The number of hydrogen-bond acceptors (Lipinski definition) is 3. The molecule has 2 N–H and O–H groups in total. The molecule has 0 saturated heterocycles. The second-order valence-corrected chi connectivity index (χ2v) is 5.53. The van der Waals surface area contributed by atoms with E-state index in [0.29, 0.717) is 25.3 Å². The van der Waals surface area contributed by atoms with Gasteiger partial charge < -0.3 is 5.73 Å². The van der Waals surface area contributed by atoms with Gasteiger partial charge in [0.15, 0.2) is 0 Å². The van der Waals surface area contributed by atoms with Gasteiger partial charge in [-0.15, -0.1) is 0 Å². The predicted molar refractivity (Wildman–Crippen MR) is 77.3 cm³/mol. The largest absolute Gasteiger partial charge is 0.330 e. The Balaban J connectivity index is 2.37. The molecule has 100 valence electrons. The molecular weight excluding hydrogens is 292 g/mol. The van der Waals surface area contributed by atoms with E-state index in [4.69, 9.17) is 5.73 Å². The van der Waals surface area contributed by atoms with Crippen LogP contribution < -0.4 is 5.73 Å². The van der Waals surface area contributed by atoms with E-state index in [-0.39, 0.29) is 5.78 Å². The maximum atomic E-state index is 11.9. The molecule has 0 fully saturated rings. The van der Waals surface area contributed by atoms with Crippen molar-refractivity contribution in [3.8, 4) is 0 Å². The maximum absolute atomic E-state index is 11.9. The number of nitrogens with zero attached hydrogens (tertiary/aromatic N) is 1. The fraction of sp³-hybridized carbons (Fsp3) is 0.571. The van der Waals surface area contributed by atoms with Crippen LogP contribution in [-0.2, 0) is 11.2 Å². The molecule has 1 atom stereocenters. The van der Waals surface area contributed by atoms with Crippen molar-refractivity contribution in [1.29, 1.82) is 0 Å². The molecule has 1 aromatic rings. The second-order valence-electron chi connectivity index (χ2n) is 4.62. The van der Waals surface area contributed by atoms with Gasteiger partial charge in [-0.1, -0.05) is 13.3 Å². The minimum atomic E-state index is 0.283. The summed E-state index contributed by atoms with van der Waals surface area (Å²) in [7, 11) is 0. The van der Waals surface area contributed by atoms with E-state index in [0.717, 1.165) is 29.3 Å². The quantitative estimate of drug-likeness (QED) is 0.802. The predicted octanol–water partition coefficient (Wildman–Crippen LogP) is 3.11. The number of carbonyl (C=O) groups is 1. The zero-order valence-corrected chi connectivity index (χ0v) is 12.4. The summed E-state index contributed by atoms with van der Waals surface area (Å²) in [4.78, 5) is 15.9. The third-order valence-corrected chi connectivity index (χ3v) is 3.58. The Hall–Kier alpha value is -0.740. The van der Waals surface area contributed by atoms with Crippen molar-refractivity contribution < 1.29 is 4.79 Å². The van der Waals surface area contributed by atoms with E-state index in [1.165, 1.54) is 0 Å². The Morgan fingerprint density at radius 1 is 1.44 bits per heavy atom. The summed E-state index contributed by atoms with van der Waals surface area (Å²) in [6, 6.07) is 1.95. The molecule has 0 spiro atoms. The molecule has 0 aromatic carbocycles. The smallest absolute Gasteiger partial charge is 0.137 e. The minimum absolute atomic E-state index is 0.283. The van der Waals surface area contributed by atoms with E-state index in [2.05, 4.69) is 27.8 Å². The highest BCUT2D eigenvalue weighted by Gasteiger charge is 2.10. The number of aromatic nitrogens is 1. The summed E-state index contributed by atoms with van der Waals surface area (Å²) in [6.45, 7) is 2.87. The molecule has 4 heteroatoms. The normalized spacial score (nSPS) is 12.4. The van der Waals surface area contributed by atoms with Gasteiger partial charge in [0.25, 0.3) is 0 Å². The Morgan fingerprint density at radius 3 is 2.83 bits per heavy atom. The number of Topliss-reactive ketones (excluding diaryl/α,β-unsaturated/α-hetero) is 1. The summed E-state index contributed by atoms with van der Waals surface area (Å²) in [5, 5.41) is 0. The lowest BCUT2D eigenvalue weighted by Crippen LogP contribution is -2.11. The van der Waals surface area contributed by atoms with Crippen LogP contribution in [0.25, 0.3) is 0 Å². The highest BCUT2D eigenvalue weighted by atomic mass is 79.9. The molecule has 0 radical (unpaired) electrons. The number of hydrogen-bond donors (Lipinski definition) is 1. The molecule has 0 amide bonds. The number of halogens is 1. The number of ketones is 1. The fourth-order valence-corrected chi connectivity index (χ4v) is 2.43. The summed E-state index contributed by atoms with van der Waals surface area (Å²) >= 11 is 3.36. The summed E-state index contributed by atoms with van der Waals surface area (Å²) in [5.74, 6) is 0.866. The Labute approximate surface area is 117 Å². The molecule has 0 aliphatic carbocycles. The van der Waals surface area contributed by atoms with Gasteiger partial charge in [-0.05, 0) is 52.9 Å². The van der Waals surface area contributed by atoms with E-state index in [1.54, 1.807) is 12.4 Å². The third-order valence-electron chi connectivity index (χ3n) is 3.15. The zero-order chi connectivity index (χ0) is 13.4. The minimum Gasteiger partial charge on any atom is -0.330 e. The van der Waals surface area contributed by atoms with Gasteiger partial charge in [0.2, 0.25) is 0 Å². The van der Waals surface area contributed by atoms with Gasteiger partial charge in [-0.25, -0.2) is 0 Å². The zero-order valence-electron chi connectivity index (χ0n) is 10.9. The van der Waals surface area contributed by atoms with Gasteiger partial charge >= 0.3 is 0 Å². The molecule has 18 heavy (non-hydrogen) atoms. The van der Waals surface area contributed by atoms with E-state index in [9.17, 15) is 4.79 Å². The Morgan fingerprint density at radius 2 is 2.22 bits per heavy atom. The van der Waals surface area contributed by atoms with Crippen LogP contribution in [0.3, 0.4) is 0 Å². The second kappa shape index (κ2) is 8.38. The Bertz CT molecular complexity index is 382. The third kappa shape index (κ3) is 5.74. The first-order chi connectivity index (χ1) is 8.65. The van der Waals surface area contributed by atoms with Crippen molar-refractivity contribution in [3.63, 3.8) is 0 Å². The average molecular weight is 313 g/mol. The number of carbonyl (C=O) groups excluding carboxylic acids is 1. The van der Waals surface area contributed by atoms with Crippen LogP contribution in [-0.4, -0.2) is 17.3 Å². The van der Waals surface area contributed by atoms with Gasteiger partial charge in [-0.3, -0.25) is 9.78 Å².